The minimum absolute atomic E-state index is 0.132. The molecule has 1 saturated carbocycles. The third kappa shape index (κ3) is 6.22. The highest BCUT2D eigenvalue weighted by molar-refractivity contribution is 7.10. The van der Waals surface area contributed by atoms with Crippen LogP contribution in [0, 0.1) is 0 Å². The number of nitrogens with one attached hydrogen (secondary N) is 1. The van der Waals surface area contributed by atoms with Gasteiger partial charge < -0.3 is 14.8 Å². The first-order chi connectivity index (χ1) is 17.1. The van der Waals surface area contributed by atoms with Gasteiger partial charge in [-0.25, -0.2) is 0 Å². The van der Waals surface area contributed by atoms with Crippen molar-refractivity contribution in [2.24, 2.45) is 0 Å². The van der Waals surface area contributed by atoms with Crippen LogP contribution in [0.1, 0.15) is 49.1 Å². The summed E-state index contributed by atoms with van der Waals surface area (Å²) in [5, 5.41) is 5.17. The molecule has 1 N–H and O–H groups in total. The van der Waals surface area contributed by atoms with Gasteiger partial charge in [-0.05, 0) is 61.0 Å². The number of hydrogen-bond donors (Lipinski definition) is 1. The summed E-state index contributed by atoms with van der Waals surface area (Å²) in [6, 6.07) is 17.9. The molecule has 35 heavy (non-hydrogen) atoms. The lowest BCUT2D eigenvalue weighted by molar-refractivity contribution is -0.127. The summed E-state index contributed by atoms with van der Waals surface area (Å²) in [4.78, 5) is 30.2. The molecule has 1 fully saturated rings. The first-order valence-electron chi connectivity index (χ1n) is 12.1. The number of amides is 2. The van der Waals surface area contributed by atoms with Gasteiger partial charge in [0.15, 0.2) is 0 Å². The zero-order chi connectivity index (χ0) is 24.6. The van der Waals surface area contributed by atoms with Crippen LogP contribution in [0.2, 0.25) is 0 Å². The molecule has 1 aliphatic rings. The smallest absolute Gasteiger partial charge is 0.248 e. The average molecular weight is 493 g/mol. The topological polar surface area (TPSA) is 67.9 Å². The minimum Gasteiger partial charge on any atom is -0.497 e. The molecule has 6 nitrogen and oxygen atoms in total. The van der Waals surface area contributed by atoms with Crippen molar-refractivity contribution in [2.75, 3.05) is 18.6 Å². The SMILES string of the molecule is CCOc1cccc(N(C(=O)Cc2cccs2)[C@@H](C(=O)NC2CCCC2)c2ccc(OC)cc2)c1. The van der Waals surface area contributed by atoms with Crippen LogP contribution < -0.4 is 19.7 Å². The van der Waals surface area contributed by atoms with Gasteiger partial charge in [-0.2, -0.15) is 0 Å². The minimum atomic E-state index is -0.828. The van der Waals surface area contributed by atoms with Crippen molar-refractivity contribution in [1.82, 2.24) is 5.32 Å². The van der Waals surface area contributed by atoms with E-state index in [-0.39, 0.29) is 24.3 Å². The molecule has 0 bridgehead atoms. The van der Waals surface area contributed by atoms with Gasteiger partial charge in [0.25, 0.3) is 0 Å². The van der Waals surface area contributed by atoms with E-state index in [0.717, 1.165) is 36.1 Å². The zero-order valence-electron chi connectivity index (χ0n) is 20.2. The molecule has 1 aliphatic carbocycles. The number of carbonyl (C=O) groups is 2. The predicted octanol–water partition coefficient (Wildman–Crippen LogP) is 5.53. The zero-order valence-corrected chi connectivity index (χ0v) is 21.1. The van der Waals surface area contributed by atoms with Crippen molar-refractivity contribution in [1.29, 1.82) is 0 Å². The van der Waals surface area contributed by atoms with Gasteiger partial charge in [-0.15, -0.1) is 11.3 Å². The summed E-state index contributed by atoms with van der Waals surface area (Å²) >= 11 is 1.53. The Kier molecular flexibility index (Phi) is 8.42. The van der Waals surface area contributed by atoms with Crippen molar-refractivity contribution < 1.29 is 19.1 Å². The number of thiophene rings is 1. The first kappa shape index (κ1) is 24.8. The number of nitrogens with zero attached hydrogens (tertiary/aromatic N) is 1. The fraction of sp³-hybridized carbons (Fsp3) is 0.357. The summed E-state index contributed by atoms with van der Waals surface area (Å²) in [5.41, 5.74) is 1.35. The summed E-state index contributed by atoms with van der Waals surface area (Å²) in [5.74, 6) is 1.02. The van der Waals surface area contributed by atoms with E-state index in [4.69, 9.17) is 9.47 Å². The van der Waals surface area contributed by atoms with E-state index in [1.165, 1.54) is 11.3 Å². The molecule has 4 rings (SSSR count). The van der Waals surface area contributed by atoms with E-state index in [9.17, 15) is 9.59 Å². The van der Waals surface area contributed by atoms with Gasteiger partial charge >= 0.3 is 0 Å². The Balaban J connectivity index is 1.77. The quantitative estimate of drug-likeness (QED) is 0.404. The molecule has 0 radical (unpaired) electrons. The van der Waals surface area contributed by atoms with Crippen molar-refractivity contribution in [3.63, 3.8) is 0 Å². The molecule has 184 valence electrons. The van der Waals surface area contributed by atoms with Crippen LogP contribution in [-0.4, -0.2) is 31.6 Å². The molecular weight excluding hydrogens is 460 g/mol. The van der Waals surface area contributed by atoms with Crippen LogP contribution in [0.25, 0.3) is 0 Å². The molecule has 0 unspecified atom stereocenters. The van der Waals surface area contributed by atoms with Crippen LogP contribution in [0.3, 0.4) is 0 Å². The number of methoxy groups -OCH3 is 1. The molecule has 2 aromatic carbocycles. The van der Waals surface area contributed by atoms with Gasteiger partial charge in [0.05, 0.1) is 20.1 Å². The standard InChI is InChI=1S/C28H32N2O4S/c1-3-34-24-11-6-10-22(18-24)30(26(31)19-25-12-7-17-35-25)27(20-13-15-23(33-2)16-14-20)28(32)29-21-8-4-5-9-21/h6-7,10-18,21,27H,3-5,8-9,19H2,1-2H3,(H,29,32)/t27-/m1/s1. The summed E-state index contributed by atoms with van der Waals surface area (Å²) in [7, 11) is 1.61. The van der Waals surface area contributed by atoms with E-state index in [1.807, 2.05) is 73.0 Å². The Morgan fingerprint density at radius 2 is 1.83 bits per heavy atom. The van der Waals surface area contributed by atoms with Crippen molar-refractivity contribution in [2.45, 2.75) is 51.1 Å². The van der Waals surface area contributed by atoms with Gasteiger partial charge in [0.2, 0.25) is 11.8 Å². The molecule has 0 saturated heterocycles. The largest absolute Gasteiger partial charge is 0.497 e. The summed E-state index contributed by atoms with van der Waals surface area (Å²) in [6.07, 6.45) is 4.35. The molecular formula is C28H32N2O4S. The Morgan fingerprint density at radius 3 is 2.49 bits per heavy atom. The summed E-state index contributed by atoms with van der Waals surface area (Å²) in [6.45, 7) is 2.43. The van der Waals surface area contributed by atoms with E-state index in [2.05, 4.69) is 5.32 Å². The van der Waals surface area contributed by atoms with Gasteiger partial charge in [-0.1, -0.05) is 37.1 Å². The first-order valence-corrected chi connectivity index (χ1v) is 13.0. The maximum absolute atomic E-state index is 13.8. The molecule has 1 atom stereocenters. The van der Waals surface area contributed by atoms with Crippen LogP contribution in [0.5, 0.6) is 11.5 Å². The van der Waals surface area contributed by atoms with Gasteiger partial charge in [-0.3, -0.25) is 14.5 Å². The lowest BCUT2D eigenvalue weighted by Gasteiger charge is -2.32. The number of hydrogen-bond acceptors (Lipinski definition) is 5. The van der Waals surface area contributed by atoms with E-state index >= 15 is 0 Å². The van der Waals surface area contributed by atoms with Gasteiger partial charge in [0.1, 0.15) is 17.5 Å². The number of benzene rings is 2. The fourth-order valence-electron chi connectivity index (χ4n) is 4.53. The number of anilines is 1. The predicted molar refractivity (Wildman–Crippen MR) is 139 cm³/mol. The second-order valence-electron chi connectivity index (χ2n) is 8.62. The monoisotopic (exact) mass is 492 g/mol. The van der Waals surface area contributed by atoms with Crippen LogP contribution >= 0.6 is 11.3 Å². The Morgan fingerprint density at radius 1 is 1.06 bits per heavy atom. The molecule has 0 spiro atoms. The molecule has 7 heteroatoms. The average Bonchev–Trinajstić information content (AvgIpc) is 3.57. The van der Waals surface area contributed by atoms with Crippen molar-refractivity contribution in [3.8, 4) is 11.5 Å². The van der Waals surface area contributed by atoms with Crippen molar-refractivity contribution >= 4 is 28.8 Å². The third-order valence-corrected chi connectivity index (χ3v) is 7.10. The molecule has 0 aliphatic heterocycles. The lowest BCUT2D eigenvalue weighted by Crippen LogP contribution is -2.46. The lowest BCUT2D eigenvalue weighted by atomic mass is 10.0. The number of carbonyl (C=O) groups excluding carboxylic acids is 2. The molecule has 3 aromatic rings. The van der Waals surface area contributed by atoms with Crippen LogP contribution in [0.4, 0.5) is 5.69 Å². The molecule has 1 heterocycles. The maximum atomic E-state index is 13.8. The fourth-order valence-corrected chi connectivity index (χ4v) is 5.22. The molecule has 2 amide bonds. The number of ether oxygens (including phenoxy) is 2. The third-order valence-electron chi connectivity index (χ3n) is 6.22. The highest BCUT2D eigenvalue weighted by atomic mass is 32.1. The van der Waals surface area contributed by atoms with E-state index in [0.29, 0.717) is 23.8 Å². The van der Waals surface area contributed by atoms with Gasteiger partial charge in [0, 0.05) is 22.7 Å². The van der Waals surface area contributed by atoms with Crippen molar-refractivity contribution in [3.05, 3.63) is 76.5 Å². The highest BCUT2D eigenvalue weighted by Gasteiger charge is 2.34. The normalized spacial score (nSPS) is 14.3. The summed E-state index contributed by atoms with van der Waals surface area (Å²) < 4.78 is 11.0. The maximum Gasteiger partial charge on any atom is 0.248 e. The van der Waals surface area contributed by atoms with Crippen LogP contribution in [0.15, 0.2) is 66.0 Å². The van der Waals surface area contributed by atoms with E-state index < -0.39 is 6.04 Å². The van der Waals surface area contributed by atoms with Crippen LogP contribution in [-0.2, 0) is 16.0 Å². The molecule has 1 aromatic heterocycles. The Hall–Kier alpha value is -3.32. The Labute approximate surface area is 210 Å². The Bertz CT molecular complexity index is 1110. The van der Waals surface area contributed by atoms with E-state index in [1.54, 1.807) is 12.0 Å². The highest BCUT2D eigenvalue weighted by Crippen LogP contribution is 2.33. The second kappa shape index (κ2) is 11.9. The number of rotatable bonds is 10. The second-order valence-corrected chi connectivity index (χ2v) is 9.65.